The molecule has 1 fully saturated rings. The molecule has 22 heavy (non-hydrogen) atoms. The minimum atomic E-state index is -0.317. The molecule has 0 amide bonds. The van der Waals surface area contributed by atoms with E-state index in [0.29, 0.717) is 5.57 Å². The van der Waals surface area contributed by atoms with Gasteiger partial charge < -0.3 is 4.74 Å². The minimum Gasteiger partial charge on any atom is -0.459 e. The van der Waals surface area contributed by atoms with Crippen LogP contribution in [0.2, 0.25) is 0 Å². The fraction of sp³-hybridized carbons (Fsp3) is 0.579. The van der Waals surface area contributed by atoms with Gasteiger partial charge in [-0.1, -0.05) is 31.6 Å². The topological polar surface area (TPSA) is 43.4 Å². The zero-order valence-corrected chi connectivity index (χ0v) is 14.3. The van der Waals surface area contributed by atoms with Crippen molar-refractivity contribution in [1.29, 1.82) is 0 Å². The molecule has 0 bridgehead atoms. The molecule has 120 valence electrons. The van der Waals surface area contributed by atoms with Crippen molar-refractivity contribution in [3.8, 4) is 0 Å². The largest absolute Gasteiger partial charge is 0.459 e. The molecule has 0 saturated heterocycles. The van der Waals surface area contributed by atoms with E-state index in [9.17, 15) is 9.59 Å². The van der Waals surface area contributed by atoms with Gasteiger partial charge in [-0.05, 0) is 57.1 Å². The number of ketones is 1. The maximum atomic E-state index is 12.3. The maximum Gasteiger partial charge on any atom is 0.333 e. The Kier molecular flexibility index (Phi) is 4.46. The molecular formula is C19H26O3. The molecule has 0 N–H and O–H groups in total. The summed E-state index contributed by atoms with van der Waals surface area (Å²) >= 11 is 0. The fourth-order valence-electron chi connectivity index (χ4n) is 3.57. The Morgan fingerprint density at radius 3 is 2.55 bits per heavy atom. The van der Waals surface area contributed by atoms with E-state index in [-0.39, 0.29) is 29.2 Å². The number of allylic oxidation sites excluding steroid dienone is 4. The smallest absolute Gasteiger partial charge is 0.333 e. The van der Waals surface area contributed by atoms with Crippen LogP contribution < -0.4 is 0 Å². The van der Waals surface area contributed by atoms with Gasteiger partial charge in [-0.15, -0.1) is 0 Å². The first kappa shape index (κ1) is 16.7. The van der Waals surface area contributed by atoms with E-state index in [2.05, 4.69) is 20.4 Å². The lowest BCUT2D eigenvalue weighted by molar-refractivity contribution is -0.150. The lowest BCUT2D eigenvalue weighted by Crippen LogP contribution is -2.45. The van der Waals surface area contributed by atoms with E-state index in [1.807, 2.05) is 19.9 Å². The average Bonchev–Trinajstić information content (AvgIpc) is 2.43. The second-order valence-corrected chi connectivity index (χ2v) is 7.16. The molecule has 1 saturated carbocycles. The molecule has 0 aromatic carbocycles. The van der Waals surface area contributed by atoms with Gasteiger partial charge in [-0.2, -0.15) is 0 Å². The maximum absolute atomic E-state index is 12.3. The predicted octanol–water partition coefficient (Wildman–Crippen LogP) is 4.15. The van der Waals surface area contributed by atoms with Crippen LogP contribution in [0.25, 0.3) is 0 Å². The number of esters is 1. The van der Waals surface area contributed by atoms with Crippen LogP contribution in [-0.2, 0) is 14.3 Å². The summed E-state index contributed by atoms with van der Waals surface area (Å²) in [5, 5.41) is 0. The number of carbonyl (C=O) groups is 2. The van der Waals surface area contributed by atoms with Crippen LogP contribution in [0.5, 0.6) is 0 Å². The summed E-state index contributed by atoms with van der Waals surface area (Å²) in [5.41, 5.74) is 3.51. The summed E-state index contributed by atoms with van der Waals surface area (Å²) in [5.74, 6) is 0.0116. The van der Waals surface area contributed by atoms with Gasteiger partial charge in [-0.25, -0.2) is 4.79 Å². The van der Waals surface area contributed by atoms with Gasteiger partial charge in [0.05, 0.1) is 0 Å². The normalized spacial score (nSPS) is 31.2. The van der Waals surface area contributed by atoms with Crippen molar-refractivity contribution >= 4 is 11.8 Å². The van der Waals surface area contributed by atoms with Gasteiger partial charge in [-0.3, -0.25) is 4.79 Å². The molecule has 2 aliphatic rings. The molecule has 2 rings (SSSR count). The van der Waals surface area contributed by atoms with E-state index in [1.165, 1.54) is 5.57 Å². The van der Waals surface area contributed by atoms with Crippen LogP contribution in [0.1, 0.15) is 53.9 Å². The second-order valence-electron chi connectivity index (χ2n) is 7.16. The van der Waals surface area contributed by atoms with Gasteiger partial charge in [0, 0.05) is 11.5 Å². The number of fused-ring (bicyclic) bond motifs is 1. The third-order valence-electron chi connectivity index (χ3n) is 5.35. The number of carbonyl (C=O) groups excluding carboxylic acids is 2. The minimum absolute atomic E-state index is 0.112. The third-order valence-corrected chi connectivity index (χ3v) is 5.35. The van der Waals surface area contributed by atoms with E-state index in [4.69, 9.17) is 4.74 Å². The van der Waals surface area contributed by atoms with Crippen LogP contribution >= 0.6 is 0 Å². The van der Waals surface area contributed by atoms with Crippen molar-refractivity contribution in [2.75, 3.05) is 0 Å². The highest BCUT2D eigenvalue weighted by atomic mass is 16.5. The third kappa shape index (κ3) is 2.81. The van der Waals surface area contributed by atoms with Gasteiger partial charge >= 0.3 is 5.97 Å². The van der Waals surface area contributed by atoms with E-state index >= 15 is 0 Å². The summed E-state index contributed by atoms with van der Waals surface area (Å²) in [7, 11) is 0. The number of hydrogen-bond acceptors (Lipinski definition) is 3. The quantitative estimate of drug-likeness (QED) is 0.568. The number of hydrogen-bond donors (Lipinski definition) is 0. The summed E-state index contributed by atoms with van der Waals surface area (Å²) in [6, 6.07) is 0. The predicted molar refractivity (Wildman–Crippen MR) is 87.3 cm³/mol. The van der Waals surface area contributed by atoms with Gasteiger partial charge in [0.2, 0.25) is 0 Å². The Hall–Kier alpha value is -1.64. The molecule has 0 aromatic heterocycles. The van der Waals surface area contributed by atoms with Crippen LogP contribution in [0.4, 0.5) is 0 Å². The Morgan fingerprint density at radius 2 is 2.00 bits per heavy atom. The first-order valence-electron chi connectivity index (χ1n) is 7.95. The highest BCUT2D eigenvalue weighted by Crippen LogP contribution is 2.52. The van der Waals surface area contributed by atoms with Gasteiger partial charge in [0.1, 0.15) is 6.10 Å². The van der Waals surface area contributed by atoms with E-state index in [1.54, 1.807) is 6.92 Å². The van der Waals surface area contributed by atoms with Gasteiger partial charge in [0.25, 0.3) is 0 Å². The van der Waals surface area contributed by atoms with Crippen molar-refractivity contribution in [2.45, 2.75) is 60.0 Å². The molecule has 0 radical (unpaired) electrons. The molecule has 0 spiro atoms. The molecule has 0 unspecified atom stereocenters. The molecule has 3 heteroatoms. The van der Waals surface area contributed by atoms with E-state index < -0.39 is 0 Å². The van der Waals surface area contributed by atoms with Crippen molar-refractivity contribution in [1.82, 2.24) is 0 Å². The molecule has 3 nitrogen and oxygen atoms in total. The highest BCUT2D eigenvalue weighted by molar-refractivity contribution is 6.06. The van der Waals surface area contributed by atoms with E-state index in [0.717, 1.165) is 30.4 Å². The molecule has 0 heterocycles. The molecule has 3 atom stereocenters. The molecule has 0 aliphatic heterocycles. The van der Waals surface area contributed by atoms with Crippen LogP contribution in [0.15, 0.2) is 34.9 Å². The van der Waals surface area contributed by atoms with Crippen molar-refractivity contribution in [3.63, 3.8) is 0 Å². The summed E-state index contributed by atoms with van der Waals surface area (Å²) in [6.45, 7) is 13.6. The summed E-state index contributed by atoms with van der Waals surface area (Å²) < 4.78 is 5.64. The fourth-order valence-corrected chi connectivity index (χ4v) is 3.57. The molecule has 2 aliphatic carbocycles. The molecular weight excluding hydrogens is 276 g/mol. The first-order chi connectivity index (χ1) is 10.2. The van der Waals surface area contributed by atoms with Crippen molar-refractivity contribution < 1.29 is 14.3 Å². The van der Waals surface area contributed by atoms with Gasteiger partial charge in [0.15, 0.2) is 5.78 Å². The SMILES string of the molecule is C=C(C)C(=O)O[C@@H]1CCC2=CC(=O)C(=C(C)C)C[C@]2(C)[C@H]1C. The van der Waals surface area contributed by atoms with Crippen molar-refractivity contribution in [3.05, 3.63) is 34.9 Å². The van der Waals surface area contributed by atoms with Crippen molar-refractivity contribution in [2.24, 2.45) is 11.3 Å². The lowest BCUT2D eigenvalue weighted by Gasteiger charge is -2.48. The van der Waals surface area contributed by atoms with Crippen LogP contribution in [-0.4, -0.2) is 17.9 Å². The lowest BCUT2D eigenvalue weighted by atomic mass is 9.58. The first-order valence-corrected chi connectivity index (χ1v) is 7.95. The Bertz CT molecular complexity index is 590. The zero-order valence-electron chi connectivity index (χ0n) is 14.3. The number of ether oxygens (including phenoxy) is 1. The average molecular weight is 302 g/mol. The Labute approximate surface area is 133 Å². The number of rotatable bonds is 2. The highest BCUT2D eigenvalue weighted by Gasteiger charge is 2.47. The second kappa shape index (κ2) is 5.86. The zero-order chi connectivity index (χ0) is 16.7. The van der Waals surface area contributed by atoms with Crippen LogP contribution in [0, 0.1) is 11.3 Å². The Morgan fingerprint density at radius 1 is 1.36 bits per heavy atom. The molecule has 0 aromatic rings. The Balaban J connectivity index is 2.31. The summed E-state index contributed by atoms with van der Waals surface area (Å²) in [4.78, 5) is 24.1. The monoisotopic (exact) mass is 302 g/mol. The van der Waals surface area contributed by atoms with Crippen LogP contribution in [0.3, 0.4) is 0 Å². The summed E-state index contributed by atoms with van der Waals surface area (Å²) in [6.07, 6.45) is 4.04. The standard InChI is InChI=1S/C19H26O3/c1-11(2)15-10-19(6)13(5)17(22-18(21)12(3)4)8-7-14(19)9-16(15)20/h9,13,17H,3,7-8,10H2,1-2,4-6H3/t13-,17+,19+/m0/s1.